The number of rotatable bonds is 7. The molecule has 0 radical (unpaired) electrons. The number of amides is 1. The molecular weight excluding hydrogens is 288 g/mol. The molecule has 21 heavy (non-hydrogen) atoms. The molecule has 118 valence electrons. The number of unbranched alkanes of at least 4 members (excludes halogenated alkanes) is 2. The van der Waals surface area contributed by atoms with E-state index in [-0.39, 0.29) is 10.8 Å². The fraction of sp³-hybridized carbons (Fsp3) is 0.533. The first-order valence-corrected chi connectivity index (χ1v) is 8.56. The molecule has 0 spiro atoms. The zero-order chi connectivity index (χ0) is 16.0. The SMILES string of the molecule is CCCCCNC(=O)c1ccc(C)c(S(=O)(=O)N(C)C)c1. The van der Waals surface area contributed by atoms with Crippen LogP contribution in [0, 0.1) is 6.92 Å². The summed E-state index contributed by atoms with van der Waals surface area (Å²) >= 11 is 0. The summed E-state index contributed by atoms with van der Waals surface area (Å²) in [4.78, 5) is 12.2. The summed E-state index contributed by atoms with van der Waals surface area (Å²) in [6, 6.07) is 4.76. The maximum atomic E-state index is 12.2. The second-order valence-electron chi connectivity index (χ2n) is 5.23. The second-order valence-corrected chi connectivity index (χ2v) is 7.35. The van der Waals surface area contributed by atoms with Crippen LogP contribution < -0.4 is 5.32 Å². The fourth-order valence-electron chi connectivity index (χ4n) is 1.89. The predicted octanol–water partition coefficient (Wildman–Crippen LogP) is 2.17. The number of nitrogens with zero attached hydrogens (tertiary/aromatic N) is 1. The van der Waals surface area contributed by atoms with Gasteiger partial charge < -0.3 is 5.32 Å². The smallest absolute Gasteiger partial charge is 0.251 e. The Morgan fingerprint density at radius 2 is 1.90 bits per heavy atom. The van der Waals surface area contributed by atoms with Gasteiger partial charge in [-0.2, -0.15) is 0 Å². The van der Waals surface area contributed by atoms with Gasteiger partial charge in [-0.1, -0.05) is 25.8 Å². The summed E-state index contributed by atoms with van der Waals surface area (Å²) in [5, 5.41) is 2.81. The van der Waals surface area contributed by atoms with Crippen LogP contribution in [-0.4, -0.2) is 39.3 Å². The van der Waals surface area contributed by atoms with Crippen LogP contribution in [-0.2, 0) is 10.0 Å². The van der Waals surface area contributed by atoms with Crippen LogP contribution in [0.15, 0.2) is 23.1 Å². The van der Waals surface area contributed by atoms with Gasteiger partial charge in [-0.25, -0.2) is 12.7 Å². The van der Waals surface area contributed by atoms with Crippen molar-refractivity contribution in [3.05, 3.63) is 29.3 Å². The molecule has 0 heterocycles. The van der Waals surface area contributed by atoms with E-state index < -0.39 is 10.0 Å². The molecule has 0 aliphatic carbocycles. The van der Waals surface area contributed by atoms with Crippen molar-refractivity contribution in [3.8, 4) is 0 Å². The molecule has 1 rings (SSSR count). The van der Waals surface area contributed by atoms with Crippen LogP contribution in [0.3, 0.4) is 0 Å². The van der Waals surface area contributed by atoms with Crippen molar-refractivity contribution in [1.29, 1.82) is 0 Å². The fourth-order valence-corrected chi connectivity index (χ4v) is 3.04. The van der Waals surface area contributed by atoms with E-state index in [9.17, 15) is 13.2 Å². The molecule has 0 aromatic heterocycles. The number of hydrogen-bond donors (Lipinski definition) is 1. The number of nitrogens with one attached hydrogen (secondary N) is 1. The van der Waals surface area contributed by atoms with Crippen molar-refractivity contribution in [2.24, 2.45) is 0 Å². The van der Waals surface area contributed by atoms with Gasteiger partial charge in [-0.3, -0.25) is 4.79 Å². The molecule has 0 saturated heterocycles. The number of carbonyl (C=O) groups excluding carboxylic acids is 1. The molecule has 0 saturated carbocycles. The molecule has 0 unspecified atom stereocenters. The Morgan fingerprint density at radius 1 is 1.24 bits per heavy atom. The van der Waals surface area contributed by atoms with Crippen molar-refractivity contribution in [1.82, 2.24) is 9.62 Å². The van der Waals surface area contributed by atoms with Crippen LogP contribution in [0.1, 0.15) is 42.1 Å². The third-order valence-corrected chi connectivity index (χ3v) is 5.23. The standard InChI is InChI=1S/C15H24N2O3S/c1-5-6-7-10-16-15(18)13-9-8-12(2)14(11-13)21(19,20)17(3)4/h8-9,11H,5-7,10H2,1-4H3,(H,16,18). The third kappa shape index (κ3) is 4.54. The number of sulfonamides is 1. The summed E-state index contributed by atoms with van der Waals surface area (Å²) < 4.78 is 25.6. The van der Waals surface area contributed by atoms with E-state index in [0.29, 0.717) is 17.7 Å². The number of hydrogen-bond acceptors (Lipinski definition) is 3. The molecule has 6 heteroatoms. The van der Waals surface area contributed by atoms with Gasteiger partial charge in [0.1, 0.15) is 0 Å². The van der Waals surface area contributed by atoms with Crippen molar-refractivity contribution in [3.63, 3.8) is 0 Å². The first kappa shape index (κ1) is 17.7. The predicted molar refractivity (Wildman–Crippen MR) is 83.9 cm³/mol. The minimum atomic E-state index is -3.54. The van der Waals surface area contributed by atoms with Crippen molar-refractivity contribution < 1.29 is 13.2 Å². The molecule has 0 bridgehead atoms. The lowest BCUT2D eigenvalue weighted by Crippen LogP contribution is -2.26. The van der Waals surface area contributed by atoms with Gasteiger partial charge in [0.15, 0.2) is 0 Å². The van der Waals surface area contributed by atoms with E-state index in [1.54, 1.807) is 19.1 Å². The largest absolute Gasteiger partial charge is 0.352 e. The van der Waals surface area contributed by atoms with Gasteiger partial charge in [0.25, 0.3) is 5.91 Å². The van der Waals surface area contributed by atoms with Gasteiger partial charge in [0, 0.05) is 26.2 Å². The normalized spacial score (nSPS) is 11.7. The molecule has 0 fully saturated rings. The van der Waals surface area contributed by atoms with E-state index >= 15 is 0 Å². The van der Waals surface area contributed by atoms with E-state index in [4.69, 9.17) is 0 Å². The molecule has 1 aromatic carbocycles. The molecule has 5 nitrogen and oxygen atoms in total. The highest BCUT2D eigenvalue weighted by Crippen LogP contribution is 2.19. The highest BCUT2D eigenvalue weighted by molar-refractivity contribution is 7.89. The Kier molecular flexibility index (Phi) is 6.36. The lowest BCUT2D eigenvalue weighted by Gasteiger charge is -2.14. The van der Waals surface area contributed by atoms with Gasteiger partial charge >= 0.3 is 0 Å². The van der Waals surface area contributed by atoms with Crippen LogP contribution in [0.2, 0.25) is 0 Å². The lowest BCUT2D eigenvalue weighted by molar-refractivity contribution is 0.0952. The average molecular weight is 312 g/mol. The van der Waals surface area contributed by atoms with Crippen LogP contribution in [0.4, 0.5) is 0 Å². The first-order valence-electron chi connectivity index (χ1n) is 7.12. The molecule has 1 amide bonds. The Balaban J connectivity index is 2.94. The molecule has 0 aliphatic heterocycles. The van der Waals surface area contributed by atoms with Crippen LogP contribution in [0.25, 0.3) is 0 Å². The minimum Gasteiger partial charge on any atom is -0.352 e. The Morgan fingerprint density at radius 3 is 2.48 bits per heavy atom. The van der Waals surface area contributed by atoms with Gasteiger partial charge in [-0.05, 0) is 31.0 Å². The zero-order valence-electron chi connectivity index (χ0n) is 13.1. The van der Waals surface area contributed by atoms with E-state index in [1.807, 2.05) is 0 Å². The maximum Gasteiger partial charge on any atom is 0.251 e. The average Bonchev–Trinajstić information content (AvgIpc) is 2.43. The van der Waals surface area contributed by atoms with Gasteiger partial charge in [0.2, 0.25) is 10.0 Å². The zero-order valence-corrected chi connectivity index (χ0v) is 14.0. The maximum absolute atomic E-state index is 12.2. The molecule has 0 atom stereocenters. The number of benzene rings is 1. The topological polar surface area (TPSA) is 66.5 Å². The molecule has 1 aromatic rings. The quantitative estimate of drug-likeness (QED) is 0.785. The lowest BCUT2D eigenvalue weighted by atomic mass is 10.1. The Bertz CT molecular complexity index is 595. The van der Waals surface area contributed by atoms with Crippen molar-refractivity contribution >= 4 is 15.9 Å². The van der Waals surface area contributed by atoms with E-state index in [1.165, 1.54) is 20.2 Å². The van der Waals surface area contributed by atoms with Crippen molar-refractivity contribution in [2.75, 3.05) is 20.6 Å². The monoisotopic (exact) mass is 312 g/mol. The number of aryl methyl sites for hydroxylation is 1. The summed E-state index contributed by atoms with van der Waals surface area (Å²) in [5.41, 5.74) is 1.00. The molecule has 0 aliphatic rings. The Labute approximate surface area is 127 Å². The summed E-state index contributed by atoms with van der Waals surface area (Å²) in [7, 11) is -0.582. The van der Waals surface area contributed by atoms with Gasteiger partial charge in [0.05, 0.1) is 4.90 Å². The van der Waals surface area contributed by atoms with Gasteiger partial charge in [-0.15, -0.1) is 0 Å². The Hall–Kier alpha value is -1.40. The first-order chi connectivity index (χ1) is 9.80. The highest BCUT2D eigenvalue weighted by atomic mass is 32.2. The summed E-state index contributed by atoms with van der Waals surface area (Å²) in [5.74, 6) is -0.235. The van der Waals surface area contributed by atoms with Crippen molar-refractivity contribution in [2.45, 2.75) is 38.0 Å². The minimum absolute atomic E-state index is 0.175. The molecular formula is C15H24N2O3S. The van der Waals surface area contributed by atoms with Crippen LogP contribution in [0.5, 0.6) is 0 Å². The summed E-state index contributed by atoms with van der Waals surface area (Å²) in [6.45, 7) is 4.43. The van der Waals surface area contributed by atoms with E-state index in [2.05, 4.69) is 12.2 Å². The number of carbonyl (C=O) groups is 1. The highest BCUT2D eigenvalue weighted by Gasteiger charge is 2.21. The third-order valence-electron chi connectivity index (χ3n) is 3.27. The summed E-state index contributed by atoms with van der Waals surface area (Å²) in [6.07, 6.45) is 3.08. The van der Waals surface area contributed by atoms with E-state index in [0.717, 1.165) is 23.6 Å². The second kappa shape index (κ2) is 7.56. The molecule has 1 N–H and O–H groups in total. The van der Waals surface area contributed by atoms with Crippen LogP contribution >= 0.6 is 0 Å².